The molecule has 0 aromatic carbocycles. The Labute approximate surface area is 150 Å². The van der Waals surface area contributed by atoms with E-state index in [4.69, 9.17) is 0 Å². The van der Waals surface area contributed by atoms with E-state index in [9.17, 15) is 18.0 Å². The van der Waals surface area contributed by atoms with Crippen LogP contribution in [0.4, 0.5) is 19.1 Å². The monoisotopic (exact) mass is 368 g/mol. The zero-order valence-electron chi connectivity index (χ0n) is 14.9. The number of hydrogen-bond acceptors (Lipinski definition) is 3. The van der Waals surface area contributed by atoms with Gasteiger partial charge in [-0.1, -0.05) is 26.7 Å². The van der Waals surface area contributed by atoms with Crippen molar-refractivity contribution in [2.45, 2.75) is 64.6 Å². The molecule has 142 valence electrons. The van der Waals surface area contributed by atoms with Crippen LogP contribution in [0.25, 0.3) is 11.2 Å². The van der Waals surface area contributed by atoms with Crippen LogP contribution in [-0.2, 0) is 11.0 Å². The number of halogens is 3. The van der Waals surface area contributed by atoms with Gasteiger partial charge in [0.15, 0.2) is 5.65 Å². The zero-order chi connectivity index (χ0) is 18.9. The van der Waals surface area contributed by atoms with E-state index in [1.165, 1.54) is 6.07 Å². The van der Waals surface area contributed by atoms with E-state index in [1.54, 1.807) is 4.57 Å². The van der Waals surface area contributed by atoms with Crippen LogP contribution in [0.3, 0.4) is 0 Å². The van der Waals surface area contributed by atoms with Crippen molar-refractivity contribution in [2.75, 3.05) is 5.32 Å². The third kappa shape index (κ3) is 3.68. The fourth-order valence-electron chi connectivity index (χ4n) is 3.23. The molecule has 0 aliphatic heterocycles. The van der Waals surface area contributed by atoms with Gasteiger partial charge in [-0.05, 0) is 37.3 Å². The van der Waals surface area contributed by atoms with Crippen LogP contribution >= 0.6 is 0 Å². The van der Waals surface area contributed by atoms with Gasteiger partial charge < -0.3 is 0 Å². The van der Waals surface area contributed by atoms with Crippen LogP contribution in [0.5, 0.6) is 0 Å². The molecule has 2 aromatic heterocycles. The number of aromatic nitrogens is 3. The van der Waals surface area contributed by atoms with Gasteiger partial charge in [-0.2, -0.15) is 13.2 Å². The Balaban J connectivity index is 1.95. The Bertz CT molecular complexity index is 792. The zero-order valence-corrected chi connectivity index (χ0v) is 14.9. The van der Waals surface area contributed by atoms with Gasteiger partial charge in [0.05, 0.1) is 0 Å². The fraction of sp³-hybridized carbons (Fsp3) is 0.611. The first-order chi connectivity index (χ1) is 12.3. The molecule has 0 bridgehead atoms. The maximum absolute atomic E-state index is 13.0. The minimum absolute atomic E-state index is 0.0273. The van der Waals surface area contributed by atoms with Gasteiger partial charge in [-0.15, -0.1) is 0 Å². The van der Waals surface area contributed by atoms with Crippen LogP contribution < -0.4 is 5.32 Å². The Morgan fingerprint density at radius 2 is 1.96 bits per heavy atom. The van der Waals surface area contributed by atoms with E-state index < -0.39 is 11.9 Å². The average Bonchev–Trinajstić information content (AvgIpc) is 2.87. The molecule has 0 radical (unpaired) electrons. The molecule has 2 aromatic rings. The third-order valence-electron chi connectivity index (χ3n) is 5.15. The van der Waals surface area contributed by atoms with E-state index in [0.717, 1.165) is 38.2 Å². The number of nitrogens with zero attached hydrogens (tertiary/aromatic N) is 3. The van der Waals surface area contributed by atoms with E-state index in [2.05, 4.69) is 15.3 Å². The first-order valence-corrected chi connectivity index (χ1v) is 9.09. The normalized spacial score (nSPS) is 15.5. The fourth-order valence-corrected chi connectivity index (χ4v) is 3.23. The average molecular weight is 368 g/mol. The lowest BCUT2D eigenvalue weighted by Gasteiger charge is -2.28. The van der Waals surface area contributed by atoms with E-state index >= 15 is 0 Å². The van der Waals surface area contributed by atoms with Crippen molar-refractivity contribution in [2.24, 2.45) is 5.92 Å². The second-order valence-electron chi connectivity index (χ2n) is 6.86. The van der Waals surface area contributed by atoms with Gasteiger partial charge in [0.1, 0.15) is 11.2 Å². The van der Waals surface area contributed by atoms with Gasteiger partial charge in [-0.25, -0.2) is 9.97 Å². The van der Waals surface area contributed by atoms with E-state index in [0.29, 0.717) is 17.9 Å². The predicted octanol–water partition coefficient (Wildman–Crippen LogP) is 4.94. The first-order valence-electron chi connectivity index (χ1n) is 9.09. The van der Waals surface area contributed by atoms with Crippen molar-refractivity contribution in [3.05, 3.63) is 17.8 Å². The molecule has 1 saturated carbocycles. The second-order valence-corrected chi connectivity index (χ2v) is 6.86. The predicted molar refractivity (Wildman–Crippen MR) is 92.7 cm³/mol. The molecule has 3 rings (SSSR count). The molecule has 1 N–H and O–H groups in total. The Kier molecular flexibility index (Phi) is 5.20. The molecular formula is C18H23F3N4O. The maximum atomic E-state index is 13.0. The Morgan fingerprint density at radius 3 is 2.50 bits per heavy atom. The van der Waals surface area contributed by atoms with Crippen molar-refractivity contribution in [1.29, 1.82) is 0 Å². The van der Waals surface area contributed by atoms with E-state index in [1.807, 2.05) is 13.8 Å². The Hall–Kier alpha value is -2.12. The highest BCUT2D eigenvalue weighted by molar-refractivity contribution is 5.91. The summed E-state index contributed by atoms with van der Waals surface area (Å²) in [4.78, 5) is 20.5. The molecule has 8 heteroatoms. The molecule has 26 heavy (non-hydrogen) atoms. The van der Waals surface area contributed by atoms with Gasteiger partial charge in [0.25, 0.3) is 0 Å². The summed E-state index contributed by atoms with van der Waals surface area (Å²) in [5.41, 5.74) is -0.398. The maximum Gasteiger partial charge on any atom is 0.433 e. The van der Waals surface area contributed by atoms with Crippen molar-refractivity contribution in [3.8, 4) is 0 Å². The summed E-state index contributed by atoms with van der Waals surface area (Å²) in [5.74, 6) is 0.421. The lowest BCUT2D eigenvalue weighted by atomic mass is 9.93. The minimum atomic E-state index is -4.51. The summed E-state index contributed by atoms with van der Waals surface area (Å²) >= 11 is 0. The van der Waals surface area contributed by atoms with Crippen molar-refractivity contribution < 1.29 is 18.0 Å². The van der Waals surface area contributed by atoms with Gasteiger partial charge in [0.2, 0.25) is 11.9 Å². The van der Waals surface area contributed by atoms with Crippen LogP contribution in [0.2, 0.25) is 0 Å². The molecule has 1 aliphatic rings. The summed E-state index contributed by atoms with van der Waals surface area (Å²) in [6.45, 7) is 4.07. The summed E-state index contributed by atoms with van der Waals surface area (Å²) in [6, 6.07) is 2.27. The third-order valence-corrected chi connectivity index (χ3v) is 5.15. The molecule has 1 fully saturated rings. The molecule has 0 spiro atoms. The summed E-state index contributed by atoms with van der Waals surface area (Å²) in [6.07, 6.45) is 0.366. The number of fused-ring (bicyclic) bond motifs is 1. The molecule has 0 saturated heterocycles. The number of imidazole rings is 1. The highest BCUT2D eigenvalue weighted by Gasteiger charge is 2.34. The summed E-state index contributed by atoms with van der Waals surface area (Å²) in [7, 11) is 0. The standard InChI is InChI=1S/C18H23F3N4O/c1-3-11(4-2)10-15(26)24-17-22-13-8-9-14(18(19,20)21)23-16(13)25(17)12-6-5-7-12/h8-9,11-12H,3-7,10H2,1-2H3,(H,22,24,26). The number of alkyl halides is 3. The molecule has 1 aliphatic carbocycles. The number of anilines is 1. The van der Waals surface area contributed by atoms with Crippen LogP contribution in [0, 0.1) is 5.92 Å². The molecule has 0 atom stereocenters. The van der Waals surface area contributed by atoms with Crippen molar-refractivity contribution >= 4 is 23.0 Å². The smallest absolute Gasteiger partial charge is 0.296 e. The highest BCUT2D eigenvalue weighted by Crippen LogP contribution is 2.38. The highest BCUT2D eigenvalue weighted by atomic mass is 19.4. The second kappa shape index (κ2) is 7.25. The molecule has 0 unspecified atom stereocenters. The number of carbonyl (C=O) groups is 1. The Morgan fingerprint density at radius 1 is 1.27 bits per heavy atom. The lowest BCUT2D eigenvalue weighted by molar-refractivity contribution is -0.141. The van der Waals surface area contributed by atoms with Gasteiger partial charge >= 0.3 is 6.18 Å². The van der Waals surface area contributed by atoms with E-state index in [-0.39, 0.29) is 23.5 Å². The molecule has 5 nitrogen and oxygen atoms in total. The summed E-state index contributed by atoms with van der Waals surface area (Å²) < 4.78 is 40.7. The van der Waals surface area contributed by atoms with Crippen molar-refractivity contribution in [1.82, 2.24) is 14.5 Å². The SMILES string of the molecule is CCC(CC)CC(=O)Nc1nc2ccc(C(F)(F)F)nc2n1C1CCC1. The summed E-state index contributed by atoms with van der Waals surface area (Å²) in [5, 5.41) is 2.80. The number of carbonyl (C=O) groups excluding carboxylic acids is 1. The lowest BCUT2D eigenvalue weighted by Crippen LogP contribution is -2.23. The van der Waals surface area contributed by atoms with Crippen LogP contribution in [0.1, 0.15) is 64.1 Å². The first kappa shape index (κ1) is 18.7. The molecule has 2 heterocycles. The minimum Gasteiger partial charge on any atom is -0.296 e. The van der Waals surface area contributed by atoms with Crippen molar-refractivity contribution in [3.63, 3.8) is 0 Å². The number of pyridine rings is 1. The van der Waals surface area contributed by atoms with Gasteiger partial charge in [-0.3, -0.25) is 14.7 Å². The number of hydrogen-bond donors (Lipinski definition) is 1. The number of amides is 1. The number of nitrogens with one attached hydrogen (secondary N) is 1. The van der Waals surface area contributed by atoms with Crippen LogP contribution in [0.15, 0.2) is 12.1 Å². The topological polar surface area (TPSA) is 59.8 Å². The van der Waals surface area contributed by atoms with Crippen LogP contribution in [-0.4, -0.2) is 20.4 Å². The molecule has 1 amide bonds. The quantitative estimate of drug-likeness (QED) is 0.786. The number of rotatable bonds is 6. The largest absolute Gasteiger partial charge is 0.433 e. The van der Waals surface area contributed by atoms with Gasteiger partial charge in [0, 0.05) is 12.5 Å². The molecular weight excluding hydrogens is 345 g/mol.